The fourth-order valence-electron chi connectivity index (χ4n) is 2.77. The summed E-state index contributed by atoms with van der Waals surface area (Å²) in [7, 11) is 0. The number of benzene rings is 2. The SMILES string of the molecule is CC(Nc1nc(Cl)ccc1[N+](=O)[O-])C(O)c1ccc(OCc2ccccc2)cc1. The molecule has 0 amide bonds. The summed E-state index contributed by atoms with van der Waals surface area (Å²) < 4.78 is 5.74. The smallest absolute Gasteiger partial charge is 0.311 e. The van der Waals surface area contributed by atoms with E-state index >= 15 is 0 Å². The summed E-state index contributed by atoms with van der Waals surface area (Å²) >= 11 is 5.84. The molecule has 2 atom stereocenters. The summed E-state index contributed by atoms with van der Waals surface area (Å²) in [6.07, 6.45) is -0.918. The van der Waals surface area contributed by atoms with Gasteiger partial charge in [-0.05, 0) is 36.2 Å². The fourth-order valence-corrected chi connectivity index (χ4v) is 2.91. The minimum absolute atomic E-state index is 0.0110. The minimum atomic E-state index is -0.918. The molecule has 150 valence electrons. The van der Waals surface area contributed by atoms with Gasteiger partial charge in [0.25, 0.3) is 0 Å². The third-order valence-corrected chi connectivity index (χ3v) is 4.56. The van der Waals surface area contributed by atoms with Crippen LogP contribution in [0.2, 0.25) is 5.15 Å². The summed E-state index contributed by atoms with van der Waals surface area (Å²) in [6.45, 7) is 2.15. The first-order chi connectivity index (χ1) is 13.9. The lowest BCUT2D eigenvalue weighted by atomic mass is 10.0. The molecule has 2 N–H and O–H groups in total. The van der Waals surface area contributed by atoms with Crippen LogP contribution in [0.15, 0.2) is 66.7 Å². The average Bonchev–Trinajstić information content (AvgIpc) is 2.72. The van der Waals surface area contributed by atoms with Gasteiger partial charge in [0.1, 0.15) is 17.5 Å². The van der Waals surface area contributed by atoms with Gasteiger partial charge in [-0.25, -0.2) is 4.98 Å². The third kappa shape index (κ3) is 5.43. The molecule has 8 heteroatoms. The van der Waals surface area contributed by atoms with Crippen LogP contribution in [-0.2, 0) is 6.61 Å². The van der Waals surface area contributed by atoms with Crippen molar-refractivity contribution in [1.29, 1.82) is 0 Å². The van der Waals surface area contributed by atoms with E-state index in [1.165, 1.54) is 12.1 Å². The zero-order valence-electron chi connectivity index (χ0n) is 15.7. The summed E-state index contributed by atoms with van der Waals surface area (Å²) in [6, 6.07) is 18.9. The highest BCUT2D eigenvalue weighted by molar-refractivity contribution is 6.29. The second-order valence-corrected chi connectivity index (χ2v) is 6.87. The van der Waals surface area contributed by atoms with Crippen LogP contribution in [0.4, 0.5) is 11.5 Å². The van der Waals surface area contributed by atoms with Gasteiger partial charge in [0, 0.05) is 6.07 Å². The van der Waals surface area contributed by atoms with E-state index in [1.54, 1.807) is 31.2 Å². The Morgan fingerprint density at radius 2 is 1.83 bits per heavy atom. The van der Waals surface area contributed by atoms with Crippen LogP contribution in [0.5, 0.6) is 5.75 Å². The normalized spacial score (nSPS) is 12.8. The van der Waals surface area contributed by atoms with Gasteiger partial charge in [0.2, 0.25) is 5.82 Å². The first-order valence-corrected chi connectivity index (χ1v) is 9.34. The van der Waals surface area contributed by atoms with E-state index in [4.69, 9.17) is 16.3 Å². The quantitative estimate of drug-likeness (QED) is 0.314. The molecule has 0 spiro atoms. The Labute approximate surface area is 173 Å². The molecule has 0 saturated heterocycles. The Bertz CT molecular complexity index is 967. The Morgan fingerprint density at radius 3 is 2.48 bits per heavy atom. The molecule has 29 heavy (non-hydrogen) atoms. The van der Waals surface area contributed by atoms with Crippen LogP contribution in [0.1, 0.15) is 24.2 Å². The molecule has 1 aromatic heterocycles. The van der Waals surface area contributed by atoms with Gasteiger partial charge in [-0.3, -0.25) is 10.1 Å². The maximum atomic E-state index is 11.2. The summed E-state index contributed by atoms with van der Waals surface area (Å²) in [4.78, 5) is 14.6. The number of aliphatic hydroxyl groups excluding tert-OH is 1. The maximum Gasteiger partial charge on any atom is 0.311 e. The number of nitrogens with zero attached hydrogens (tertiary/aromatic N) is 2. The van der Waals surface area contributed by atoms with Crippen molar-refractivity contribution in [3.63, 3.8) is 0 Å². The first kappa shape index (κ1) is 20.6. The minimum Gasteiger partial charge on any atom is -0.489 e. The van der Waals surface area contributed by atoms with Crippen molar-refractivity contribution in [2.24, 2.45) is 0 Å². The maximum absolute atomic E-state index is 11.2. The molecule has 2 aromatic carbocycles. The molecule has 3 aromatic rings. The number of hydrogen-bond acceptors (Lipinski definition) is 6. The lowest BCUT2D eigenvalue weighted by Gasteiger charge is -2.21. The van der Waals surface area contributed by atoms with Crippen molar-refractivity contribution < 1.29 is 14.8 Å². The molecule has 2 unspecified atom stereocenters. The number of anilines is 1. The number of halogens is 1. The molecular weight excluding hydrogens is 394 g/mol. The van der Waals surface area contributed by atoms with E-state index in [-0.39, 0.29) is 16.7 Å². The first-order valence-electron chi connectivity index (χ1n) is 8.96. The van der Waals surface area contributed by atoms with E-state index in [0.717, 1.165) is 5.56 Å². The summed E-state index contributed by atoms with van der Waals surface area (Å²) in [5, 5.41) is 24.8. The third-order valence-electron chi connectivity index (χ3n) is 4.34. The number of rotatable bonds is 8. The highest BCUT2D eigenvalue weighted by Crippen LogP contribution is 2.28. The summed E-state index contributed by atoms with van der Waals surface area (Å²) in [5.74, 6) is 0.689. The monoisotopic (exact) mass is 413 g/mol. The molecule has 3 rings (SSSR count). The number of aliphatic hydroxyl groups is 1. The molecule has 0 fully saturated rings. The number of nitro groups is 1. The number of aromatic nitrogens is 1. The lowest BCUT2D eigenvalue weighted by Crippen LogP contribution is -2.25. The van der Waals surface area contributed by atoms with Crippen molar-refractivity contribution in [2.45, 2.75) is 25.7 Å². The number of ether oxygens (including phenoxy) is 1. The van der Waals surface area contributed by atoms with Crippen molar-refractivity contribution in [3.05, 3.63) is 93.1 Å². The van der Waals surface area contributed by atoms with E-state index in [0.29, 0.717) is 17.9 Å². The highest BCUT2D eigenvalue weighted by atomic mass is 35.5. The predicted molar refractivity (Wildman–Crippen MR) is 111 cm³/mol. The molecule has 1 heterocycles. The van der Waals surface area contributed by atoms with Gasteiger partial charge < -0.3 is 15.2 Å². The number of pyridine rings is 1. The van der Waals surface area contributed by atoms with Gasteiger partial charge in [-0.1, -0.05) is 54.1 Å². The Balaban J connectivity index is 1.65. The Hall–Kier alpha value is -3.16. The van der Waals surface area contributed by atoms with Crippen LogP contribution in [0.3, 0.4) is 0 Å². The van der Waals surface area contributed by atoms with E-state index in [2.05, 4.69) is 10.3 Å². The molecule has 0 aliphatic rings. The van der Waals surface area contributed by atoms with Gasteiger partial charge >= 0.3 is 5.69 Å². The van der Waals surface area contributed by atoms with Crippen LogP contribution in [0.25, 0.3) is 0 Å². The van der Waals surface area contributed by atoms with Gasteiger partial charge in [0.15, 0.2) is 0 Å². The summed E-state index contributed by atoms with van der Waals surface area (Å²) in [5.41, 5.74) is 1.49. The Kier molecular flexibility index (Phi) is 6.64. The number of hydrogen-bond donors (Lipinski definition) is 2. The van der Waals surface area contributed by atoms with Gasteiger partial charge in [-0.15, -0.1) is 0 Å². The van der Waals surface area contributed by atoms with Crippen molar-refractivity contribution in [3.8, 4) is 5.75 Å². The topological polar surface area (TPSA) is 97.5 Å². The predicted octanol–water partition coefficient (Wildman–Crippen LogP) is 4.76. The van der Waals surface area contributed by atoms with Crippen LogP contribution in [-0.4, -0.2) is 21.1 Å². The second kappa shape index (κ2) is 9.36. The van der Waals surface area contributed by atoms with Gasteiger partial charge in [-0.2, -0.15) is 0 Å². The van der Waals surface area contributed by atoms with Crippen LogP contribution < -0.4 is 10.1 Å². The largest absolute Gasteiger partial charge is 0.489 e. The Morgan fingerprint density at radius 1 is 1.14 bits per heavy atom. The molecule has 0 saturated carbocycles. The van der Waals surface area contributed by atoms with Crippen LogP contribution >= 0.6 is 11.6 Å². The zero-order valence-corrected chi connectivity index (χ0v) is 16.4. The van der Waals surface area contributed by atoms with E-state index in [9.17, 15) is 15.2 Å². The van der Waals surface area contributed by atoms with Crippen molar-refractivity contribution in [2.75, 3.05) is 5.32 Å². The second-order valence-electron chi connectivity index (χ2n) is 6.48. The average molecular weight is 414 g/mol. The fraction of sp³-hybridized carbons (Fsp3) is 0.190. The zero-order chi connectivity index (χ0) is 20.8. The molecular formula is C21H20ClN3O4. The lowest BCUT2D eigenvalue weighted by molar-refractivity contribution is -0.384. The molecule has 0 aliphatic heterocycles. The highest BCUT2D eigenvalue weighted by Gasteiger charge is 2.22. The van der Waals surface area contributed by atoms with E-state index < -0.39 is 17.1 Å². The van der Waals surface area contributed by atoms with Crippen LogP contribution in [0, 0.1) is 10.1 Å². The van der Waals surface area contributed by atoms with Crippen molar-refractivity contribution in [1.82, 2.24) is 4.98 Å². The standard InChI is InChI=1S/C21H20ClN3O4/c1-14(23-21-18(25(27)28)11-12-19(22)24-21)20(26)16-7-9-17(10-8-16)29-13-15-5-3-2-4-6-15/h2-12,14,20,26H,13H2,1H3,(H,23,24). The molecule has 0 bridgehead atoms. The molecule has 0 radical (unpaired) electrons. The van der Waals surface area contributed by atoms with Gasteiger partial charge in [0.05, 0.1) is 17.1 Å². The van der Waals surface area contributed by atoms with Crippen molar-refractivity contribution >= 4 is 23.1 Å². The van der Waals surface area contributed by atoms with E-state index in [1.807, 2.05) is 30.3 Å². The molecule has 0 aliphatic carbocycles. The molecule has 7 nitrogen and oxygen atoms in total. The number of nitrogens with one attached hydrogen (secondary N) is 1.